The summed E-state index contributed by atoms with van der Waals surface area (Å²) in [6, 6.07) is 0. The Labute approximate surface area is 475 Å². The average molecular weight is 1070 g/mol. The summed E-state index contributed by atoms with van der Waals surface area (Å²) in [5, 5.41) is 0. The normalized spacial score (nSPS) is 13.0. The molecule has 0 N–H and O–H groups in total. The Morgan fingerprint density at radius 1 is 0.273 bits per heavy atom. The second kappa shape index (κ2) is 64.1. The molecule has 0 aliphatic carbocycles. The van der Waals surface area contributed by atoms with Crippen molar-refractivity contribution >= 4 is 17.9 Å². The number of unbranched alkanes of at least 4 members (excludes halogenated alkanes) is 23. The van der Waals surface area contributed by atoms with Crippen LogP contribution in [-0.4, -0.2) is 37.2 Å². The molecule has 0 radical (unpaired) electrons. The number of allylic oxidation sites excluding steroid dienone is 22. The van der Waals surface area contributed by atoms with Gasteiger partial charge < -0.3 is 14.2 Å². The van der Waals surface area contributed by atoms with Gasteiger partial charge in [0, 0.05) is 19.3 Å². The van der Waals surface area contributed by atoms with E-state index >= 15 is 0 Å². The van der Waals surface area contributed by atoms with Crippen LogP contribution in [0.4, 0.5) is 0 Å². The van der Waals surface area contributed by atoms with Gasteiger partial charge in [-0.25, -0.2) is 0 Å². The highest BCUT2D eigenvalue weighted by atomic mass is 16.6. The summed E-state index contributed by atoms with van der Waals surface area (Å²) in [6.45, 7) is 6.46. The molecule has 0 saturated heterocycles. The Hall–Kier alpha value is -4.45. The molecule has 0 aromatic rings. The number of carbonyl (C=O) groups excluding carboxylic acids is 3. The molecule has 0 aliphatic heterocycles. The monoisotopic (exact) mass is 1060 g/mol. The Balaban J connectivity index is 4.36. The van der Waals surface area contributed by atoms with E-state index in [9.17, 15) is 14.4 Å². The topological polar surface area (TPSA) is 78.9 Å². The summed E-state index contributed by atoms with van der Waals surface area (Å²) < 4.78 is 16.9. The Morgan fingerprint density at radius 3 is 0.831 bits per heavy atom. The summed E-state index contributed by atoms with van der Waals surface area (Å²) in [4.78, 5) is 38.2. The zero-order valence-corrected chi connectivity index (χ0v) is 49.9. The molecule has 1 atom stereocenters. The molecule has 0 saturated carbocycles. The fraction of sp³-hybridized carbons (Fsp3) is 0.648. The third-order valence-corrected chi connectivity index (χ3v) is 13.1. The molecular formula is C71H116O6. The molecule has 6 nitrogen and oxygen atoms in total. The van der Waals surface area contributed by atoms with Crippen molar-refractivity contribution in [1.29, 1.82) is 0 Å². The van der Waals surface area contributed by atoms with E-state index in [4.69, 9.17) is 14.2 Å². The highest BCUT2D eigenvalue weighted by molar-refractivity contribution is 5.71. The van der Waals surface area contributed by atoms with Crippen LogP contribution in [0.2, 0.25) is 0 Å². The van der Waals surface area contributed by atoms with Gasteiger partial charge in [-0.2, -0.15) is 0 Å². The van der Waals surface area contributed by atoms with Gasteiger partial charge in [0.1, 0.15) is 13.2 Å². The molecule has 0 heterocycles. The number of esters is 3. The molecule has 0 spiro atoms. The first-order chi connectivity index (χ1) is 38.0. The van der Waals surface area contributed by atoms with Crippen molar-refractivity contribution in [2.75, 3.05) is 13.2 Å². The highest BCUT2D eigenvalue weighted by Crippen LogP contribution is 2.15. The molecule has 0 rings (SSSR count). The molecule has 0 aromatic heterocycles. The van der Waals surface area contributed by atoms with E-state index in [1.807, 2.05) is 0 Å². The van der Waals surface area contributed by atoms with Crippen molar-refractivity contribution in [3.8, 4) is 0 Å². The minimum atomic E-state index is -0.799. The van der Waals surface area contributed by atoms with Crippen LogP contribution in [0.3, 0.4) is 0 Å². The van der Waals surface area contributed by atoms with Crippen LogP contribution in [0.1, 0.15) is 278 Å². The van der Waals surface area contributed by atoms with Crippen LogP contribution >= 0.6 is 0 Å². The molecular weight excluding hydrogens is 949 g/mol. The number of rotatable bonds is 56. The lowest BCUT2D eigenvalue weighted by atomic mass is 10.1. The maximum absolute atomic E-state index is 12.9. The van der Waals surface area contributed by atoms with E-state index in [1.54, 1.807) is 0 Å². The quantitative estimate of drug-likeness (QED) is 0.0261. The maximum Gasteiger partial charge on any atom is 0.306 e. The number of carbonyl (C=O) groups is 3. The zero-order chi connectivity index (χ0) is 55.7. The predicted molar refractivity (Wildman–Crippen MR) is 334 cm³/mol. The number of hydrogen-bond donors (Lipinski definition) is 0. The van der Waals surface area contributed by atoms with E-state index in [0.717, 1.165) is 135 Å². The summed E-state index contributed by atoms with van der Waals surface area (Å²) >= 11 is 0. The van der Waals surface area contributed by atoms with Crippen molar-refractivity contribution in [3.63, 3.8) is 0 Å². The highest BCUT2D eigenvalue weighted by Gasteiger charge is 2.19. The van der Waals surface area contributed by atoms with Gasteiger partial charge in [-0.1, -0.05) is 270 Å². The van der Waals surface area contributed by atoms with E-state index in [2.05, 4.69) is 154 Å². The molecule has 0 aromatic carbocycles. The lowest BCUT2D eigenvalue weighted by molar-refractivity contribution is -0.167. The van der Waals surface area contributed by atoms with Crippen LogP contribution in [-0.2, 0) is 28.6 Å². The van der Waals surface area contributed by atoms with Crippen molar-refractivity contribution in [2.45, 2.75) is 284 Å². The fourth-order valence-corrected chi connectivity index (χ4v) is 8.41. The molecule has 1 unspecified atom stereocenters. The van der Waals surface area contributed by atoms with Gasteiger partial charge in [0.2, 0.25) is 0 Å². The van der Waals surface area contributed by atoms with Gasteiger partial charge >= 0.3 is 17.9 Å². The first-order valence-electron chi connectivity index (χ1n) is 31.7. The molecule has 436 valence electrons. The maximum atomic E-state index is 12.9. The second-order valence-corrected chi connectivity index (χ2v) is 20.6. The van der Waals surface area contributed by atoms with Gasteiger partial charge in [-0.3, -0.25) is 14.4 Å². The Bertz CT molecular complexity index is 1650. The van der Waals surface area contributed by atoms with Gasteiger partial charge in [-0.15, -0.1) is 0 Å². The van der Waals surface area contributed by atoms with E-state index in [0.29, 0.717) is 19.3 Å². The van der Waals surface area contributed by atoms with Crippen molar-refractivity contribution < 1.29 is 28.6 Å². The predicted octanol–water partition coefficient (Wildman–Crippen LogP) is 21.8. The molecule has 0 aliphatic rings. The van der Waals surface area contributed by atoms with Crippen LogP contribution in [0.5, 0.6) is 0 Å². The van der Waals surface area contributed by atoms with Crippen molar-refractivity contribution in [1.82, 2.24) is 0 Å². The lowest BCUT2D eigenvalue weighted by Crippen LogP contribution is -2.30. The van der Waals surface area contributed by atoms with Crippen LogP contribution in [0.15, 0.2) is 134 Å². The summed E-state index contributed by atoms with van der Waals surface area (Å²) in [5.74, 6) is -0.935. The molecule has 6 heteroatoms. The fourth-order valence-electron chi connectivity index (χ4n) is 8.41. The van der Waals surface area contributed by atoms with Gasteiger partial charge in [0.05, 0.1) is 0 Å². The van der Waals surface area contributed by atoms with Crippen LogP contribution < -0.4 is 0 Å². The first-order valence-corrected chi connectivity index (χ1v) is 31.7. The van der Waals surface area contributed by atoms with E-state index in [-0.39, 0.29) is 31.1 Å². The molecule has 0 bridgehead atoms. The zero-order valence-electron chi connectivity index (χ0n) is 49.9. The third-order valence-electron chi connectivity index (χ3n) is 13.1. The largest absolute Gasteiger partial charge is 0.462 e. The smallest absolute Gasteiger partial charge is 0.306 e. The first kappa shape index (κ1) is 72.5. The van der Waals surface area contributed by atoms with Crippen molar-refractivity contribution in [2.24, 2.45) is 0 Å². The molecule has 0 amide bonds. The standard InChI is InChI=1S/C71H116O6/c1-4-7-10-13-16-19-22-24-26-28-29-30-31-32-33-34-35-36-37-38-39-40-41-43-44-46-49-52-55-58-61-64-70(73)76-67-68(66-75-69(72)63-60-57-54-51-48-21-18-15-12-9-6-3)77-71(74)65-62-59-56-53-50-47-45-42-27-25-23-20-17-14-11-8-5-2/h7,10,16-17,19-20,24-27,29-30,32-33,35-36,38-39,41,43,46,49,68H,4-6,8-9,11-15,18,21-23,28,31,34,37,40,42,44-45,47-48,50-67H2,1-3H3/b10-7-,19-16-,20-17-,26-24-,27-25-,30-29-,33-32-,36-35-,39-38-,43-41-,49-46-. The Morgan fingerprint density at radius 2 is 0.506 bits per heavy atom. The second-order valence-electron chi connectivity index (χ2n) is 20.6. The summed E-state index contributed by atoms with van der Waals surface area (Å²) in [7, 11) is 0. The Kier molecular flexibility index (Phi) is 60.4. The third kappa shape index (κ3) is 62.3. The van der Waals surface area contributed by atoms with Crippen molar-refractivity contribution in [3.05, 3.63) is 134 Å². The number of ether oxygens (including phenoxy) is 3. The molecule has 0 fully saturated rings. The summed E-state index contributed by atoms with van der Waals surface area (Å²) in [5.41, 5.74) is 0. The SMILES string of the molecule is CC/C=C\C/C=C\C/C=C\C/C=C\C/C=C\C/C=C\C/C=C\C/C=C\C/C=C\CCCCCC(=O)OCC(COC(=O)CCCCCCCCCCCCC)OC(=O)CCCCCCCCC/C=C\C/C=C\CCCCC. The summed E-state index contributed by atoms with van der Waals surface area (Å²) in [6.07, 6.45) is 90.3. The minimum Gasteiger partial charge on any atom is -0.462 e. The van der Waals surface area contributed by atoms with Crippen LogP contribution in [0.25, 0.3) is 0 Å². The van der Waals surface area contributed by atoms with E-state index in [1.165, 1.54) is 103 Å². The lowest BCUT2D eigenvalue weighted by Gasteiger charge is -2.18. The molecule has 77 heavy (non-hydrogen) atoms. The van der Waals surface area contributed by atoms with E-state index < -0.39 is 6.10 Å². The van der Waals surface area contributed by atoms with Gasteiger partial charge in [-0.05, 0) is 122 Å². The van der Waals surface area contributed by atoms with Gasteiger partial charge in [0.25, 0.3) is 0 Å². The number of hydrogen-bond acceptors (Lipinski definition) is 6. The minimum absolute atomic E-state index is 0.0931. The van der Waals surface area contributed by atoms with Crippen LogP contribution in [0, 0.1) is 0 Å². The van der Waals surface area contributed by atoms with Gasteiger partial charge in [0.15, 0.2) is 6.10 Å². The average Bonchev–Trinajstić information content (AvgIpc) is 3.43.